The van der Waals surface area contributed by atoms with Gasteiger partial charge in [-0.05, 0) is 53.5 Å². The maximum Gasteiger partial charge on any atom is 0.276 e. The molecular weight excluding hydrogens is 336 g/mol. The molecule has 0 saturated carbocycles. The number of nitrogens with two attached hydrogens (primary N) is 1. The van der Waals surface area contributed by atoms with Crippen molar-refractivity contribution >= 4 is 21.6 Å². The third kappa shape index (κ3) is 3.40. The van der Waals surface area contributed by atoms with Crippen molar-refractivity contribution in [2.75, 3.05) is 0 Å². The minimum absolute atomic E-state index is 0.0378. The fourth-order valence-corrected chi connectivity index (χ4v) is 2.39. The van der Waals surface area contributed by atoms with Crippen LogP contribution in [0.25, 0.3) is 0 Å². The molecular formula is C15H15BrN2O3. The minimum atomic E-state index is -0.420. The zero-order valence-corrected chi connectivity index (χ0v) is 13.3. The van der Waals surface area contributed by atoms with Crippen molar-refractivity contribution in [3.8, 4) is 11.5 Å². The van der Waals surface area contributed by atoms with Crippen LogP contribution in [-0.2, 0) is 0 Å². The van der Waals surface area contributed by atoms with Crippen LogP contribution in [0.2, 0.25) is 0 Å². The highest BCUT2D eigenvalue weighted by atomic mass is 79.9. The van der Waals surface area contributed by atoms with Crippen molar-refractivity contribution in [2.24, 2.45) is 5.73 Å². The third-order valence-electron chi connectivity index (χ3n) is 3.15. The van der Waals surface area contributed by atoms with E-state index in [1.165, 1.54) is 6.07 Å². The van der Waals surface area contributed by atoms with Gasteiger partial charge in [0.2, 0.25) is 0 Å². The smallest absolute Gasteiger partial charge is 0.276 e. The summed E-state index contributed by atoms with van der Waals surface area (Å²) in [5.74, 6) is 1.04. The Morgan fingerprint density at radius 2 is 2.00 bits per heavy atom. The van der Waals surface area contributed by atoms with E-state index in [4.69, 9.17) is 10.5 Å². The van der Waals surface area contributed by atoms with Crippen LogP contribution in [0.4, 0.5) is 5.69 Å². The average Bonchev–Trinajstić information content (AvgIpc) is 2.42. The Morgan fingerprint density at radius 3 is 2.57 bits per heavy atom. The summed E-state index contributed by atoms with van der Waals surface area (Å²) >= 11 is 3.43. The lowest BCUT2D eigenvalue weighted by molar-refractivity contribution is -0.385. The van der Waals surface area contributed by atoms with E-state index in [0.29, 0.717) is 17.1 Å². The number of benzene rings is 2. The number of nitro benzene ring substituents is 1. The van der Waals surface area contributed by atoms with Crippen LogP contribution >= 0.6 is 15.9 Å². The molecule has 0 unspecified atom stereocenters. The van der Waals surface area contributed by atoms with E-state index in [9.17, 15) is 10.1 Å². The van der Waals surface area contributed by atoms with Crippen molar-refractivity contribution in [1.82, 2.24) is 0 Å². The van der Waals surface area contributed by atoms with Gasteiger partial charge in [0.1, 0.15) is 11.5 Å². The fourth-order valence-electron chi connectivity index (χ4n) is 1.91. The lowest BCUT2D eigenvalue weighted by atomic mass is 10.1. The Kier molecular flexibility index (Phi) is 4.59. The highest BCUT2D eigenvalue weighted by molar-refractivity contribution is 9.10. The molecule has 0 heterocycles. The lowest BCUT2D eigenvalue weighted by Crippen LogP contribution is -2.04. The molecule has 2 rings (SSSR count). The first-order chi connectivity index (χ1) is 9.90. The summed E-state index contributed by atoms with van der Waals surface area (Å²) in [5.41, 5.74) is 7.33. The summed E-state index contributed by atoms with van der Waals surface area (Å²) in [6.07, 6.45) is 0. The third-order valence-corrected chi connectivity index (χ3v) is 3.77. The van der Waals surface area contributed by atoms with Gasteiger partial charge in [-0.25, -0.2) is 0 Å². The second kappa shape index (κ2) is 6.24. The molecule has 0 saturated heterocycles. The summed E-state index contributed by atoms with van der Waals surface area (Å²) in [4.78, 5) is 10.5. The van der Waals surface area contributed by atoms with E-state index in [0.717, 1.165) is 10.0 Å². The normalized spacial score (nSPS) is 12.0. The molecule has 0 fully saturated rings. The van der Waals surface area contributed by atoms with E-state index in [1.54, 1.807) is 25.1 Å². The van der Waals surface area contributed by atoms with E-state index >= 15 is 0 Å². The molecule has 21 heavy (non-hydrogen) atoms. The molecule has 0 aliphatic carbocycles. The van der Waals surface area contributed by atoms with Gasteiger partial charge in [0.05, 0.1) is 15.0 Å². The molecule has 2 aromatic rings. The van der Waals surface area contributed by atoms with Crippen molar-refractivity contribution in [3.63, 3.8) is 0 Å². The number of rotatable bonds is 4. The number of hydrogen-bond acceptors (Lipinski definition) is 4. The highest BCUT2D eigenvalue weighted by Crippen LogP contribution is 2.35. The highest BCUT2D eigenvalue weighted by Gasteiger charge is 2.15. The molecule has 110 valence electrons. The van der Waals surface area contributed by atoms with Crippen molar-refractivity contribution in [3.05, 3.63) is 62.1 Å². The summed E-state index contributed by atoms with van der Waals surface area (Å²) < 4.78 is 6.53. The molecule has 0 radical (unpaired) electrons. The summed E-state index contributed by atoms with van der Waals surface area (Å²) in [5, 5.41) is 10.9. The van der Waals surface area contributed by atoms with Gasteiger partial charge in [0, 0.05) is 12.1 Å². The first kappa shape index (κ1) is 15.5. The van der Waals surface area contributed by atoms with Gasteiger partial charge >= 0.3 is 0 Å². The molecule has 0 aromatic heterocycles. The number of halogens is 1. The van der Waals surface area contributed by atoms with Gasteiger partial charge in [-0.1, -0.05) is 12.1 Å². The predicted octanol–water partition coefficient (Wildman–Crippen LogP) is 4.48. The molecule has 2 aromatic carbocycles. The quantitative estimate of drug-likeness (QED) is 0.651. The lowest BCUT2D eigenvalue weighted by Gasteiger charge is -2.12. The number of nitro groups is 1. The molecule has 6 heteroatoms. The van der Waals surface area contributed by atoms with Gasteiger partial charge in [0.15, 0.2) is 0 Å². The summed E-state index contributed by atoms with van der Waals surface area (Å²) in [6.45, 7) is 3.56. The second-order valence-corrected chi connectivity index (χ2v) is 5.59. The molecule has 5 nitrogen and oxygen atoms in total. The monoisotopic (exact) mass is 350 g/mol. The Morgan fingerprint density at radius 1 is 1.29 bits per heavy atom. The summed E-state index contributed by atoms with van der Waals surface area (Å²) in [6, 6.07) is 10.2. The maximum absolute atomic E-state index is 10.9. The van der Waals surface area contributed by atoms with Crippen LogP contribution in [0.3, 0.4) is 0 Å². The molecule has 0 aliphatic rings. The average molecular weight is 351 g/mol. The standard InChI is InChI=1S/C15H15BrN2O3/c1-9-13(18(19)20)4-3-5-14(9)21-15-7-6-11(10(2)17)8-12(15)16/h3-8,10H,17H2,1-2H3/t10-/m1/s1. The molecule has 0 aliphatic heterocycles. The van der Waals surface area contributed by atoms with Crippen molar-refractivity contribution in [1.29, 1.82) is 0 Å². The Bertz CT molecular complexity index is 687. The van der Waals surface area contributed by atoms with Crippen LogP contribution < -0.4 is 10.5 Å². The minimum Gasteiger partial charge on any atom is -0.456 e. The maximum atomic E-state index is 10.9. The van der Waals surface area contributed by atoms with Crippen LogP contribution in [-0.4, -0.2) is 4.92 Å². The molecule has 0 amide bonds. The predicted molar refractivity (Wildman–Crippen MR) is 84.7 cm³/mol. The SMILES string of the molecule is Cc1c(Oc2ccc([C@@H](C)N)cc2Br)cccc1[N+](=O)[O-]. The number of hydrogen-bond donors (Lipinski definition) is 1. The molecule has 1 atom stereocenters. The van der Waals surface area contributed by atoms with E-state index < -0.39 is 4.92 Å². The summed E-state index contributed by atoms with van der Waals surface area (Å²) in [7, 11) is 0. The van der Waals surface area contributed by atoms with Crippen LogP contribution in [0.1, 0.15) is 24.1 Å². The van der Waals surface area contributed by atoms with E-state index in [-0.39, 0.29) is 11.7 Å². The van der Waals surface area contributed by atoms with Crippen LogP contribution in [0.5, 0.6) is 11.5 Å². The first-order valence-corrected chi connectivity index (χ1v) is 7.16. The van der Waals surface area contributed by atoms with Crippen molar-refractivity contribution < 1.29 is 9.66 Å². The number of ether oxygens (including phenoxy) is 1. The van der Waals surface area contributed by atoms with E-state index in [1.807, 2.05) is 19.1 Å². The molecule has 2 N–H and O–H groups in total. The van der Waals surface area contributed by atoms with Gasteiger partial charge in [0.25, 0.3) is 5.69 Å². The molecule has 0 bridgehead atoms. The largest absolute Gasteiger partial charge is 0.456 e. The van der Waals surface area contributed by atoms with Crippen molar-refractivity contribution in [2.45, 2.75) is 19.9 Å². The topological polar surface area (TPSA) is 78.4 Å². The second-order valence-electron chi connectivity index (χ2n) is 4.74. The Hall–Kier alpha value is -1.92. The fraction of sp³-hybridized carbons (Fsp3) is 0.200. The van der Waals surface area contributed by atoms with Gasteiger partial charge in [-0.15, -0.1) is 0 Å². The van der Waals surface area contributed by atoms with Crippen LogP contribution in [0.15, 0.2) is 40.9 Å². The Labute approximate surface area is 131 Å². The molecule has 0 spiro atoms. The van der Waals surface area contributed by atoms with Gasteiger partial charge in [-0.2, -0.15) is 0 Å². The van der Waals surface area contributed by atoms with Gasteiger partial charge in [-0.3, -0.25) is 10.1 Å². The van der Waals surface area contributed by atoms with E-state index in [2.05, 4.69) is 15.9 Å². The zero-order chi connectivity index (χ0) is 15.6. The number of nitrogens with zero attached hydrogens (tertiary/aromatic N) is 1. The first-order valence-electron chi connectivity index (χ1n) is 6.37. The Balaban J connectivity index is 2.35. The van der Waals surface area contributed by atoms with Gasteiger partial charge < -0.3 is 10.5 Å². The van der Waals surface area contributed by atoms with Crippen LogP contribution in [0, 0.1) is 17.0 Å². The zero-order valence-electron chi connectivity index (χ0n) is 11.7.